The van der Waals surface area contributed by atoms with Crippen LogP contribution in [0, 0.1) is 0 Å². The molecule has 2 N–H and O–H groups in total. The van der Waals surface area contributed by atoms with E-state index in [2.05, 4.69) is 59.8 Å². The third-order valence-corrected chi connectivity index (χ3v) is 3.75. The molecule has 4 heteroatoms. The van der Waals surface area contributed by atoms with Crippen molar-refractivity contribution in [1.82, 2.24) is 10.6 Å². The molecule has 0 saturated heterocycles. The van der Waals surface area contributed by atoms with E-state index in [0.29, 0.717) is 12.5 Å². The molecule has 1 unspecified atom stereocenters. The van der Waals surface area contributed by atoms with Crippen LogP contribution in [0.3, 0.4) is 0 Å². The molecule has 0 aromatic heterocycles. The minimum atomic E-state index is -0.236. The summed E-state index contributed by atoms with van der Waals surface area (Å²) in [6.07, 6.45) is 1.07. The van der Waals surface area contributed by atoms with Gasteiger partial charge in [-0.25, -0.2) is 0 Å². The van der Waals surface area contributed by atoms with Crippen molar-refractivity contribution in [3.05, 3.63) is 35.9 Å². The molecule has 1 atom stereocenters. The Kier molecular flexibility index (Phi) is 7.96. The molecule has 22 heavy (non-hydrogen) atoms. The molecule has 0 aliphatic heterocycles. The summed E-state index contributed by atoms with van der Waals surface area (Å²) < 4.78 is 5.40. The molecular formula is C18H31N3O. The smallest absolute Gasteiger partial charge is 0.191 e. The Morgan fingerprint density at radius 3 is 2.50 bits per heavy atom. The minimum Gasteiger partial charge on any atom is -0.377 e. The zero-order valence-corrected chi connectivity index (χ0v) is 14.6. The summed E-state index contributed by atoms with van der Waals surface area (Å²) >= 11 is 0. The Morgan fingerprint density at radius 2 is 1.91 bits per heavy atom. The number of guanidine groups is 1. The van der Waals surface area contributed by atoms with Gasteiger partial charge in [-0.2, -0.15) is 0 Å². The SMILES string of the molecule is CCNC(=NCC(C)(C)OC)NCCC(C)c1ccccc1. The second-order valence-electron chi connectivity index (χ2n) is 6.19. The number of rotatable bonds is 8. The lowest BCUT2D eigenvalue weighted by molar-refractivity contribution is 0.0310. The molecule has 0 aliphatic carbocycles. The van der Waals surface area contributed by atoms with Crippen molar-refractivity contribution < 1.29 is 4.74 Å². The highest BCUT2D eigenvalue weighted by atomic mass is 16.5. The quantitative estimate of drug-likeness (QED) is 0.573. The van der Waals surface area contributed by atoms with Gasteiger partial charge in [0.1, 0.15) is 0 Å². The molecule has 0 spiro atoms. The van der Waals surface area contributed by atoms with E-state index in [4.69, 9.17) is 4.74 Å². The topological polar surface area (TPSA) is 45.7 Å². The molecule has 1 rings (SSSR count). The van der Waals surface area contributed by atoms with Gasteiger partial charge in [0.15, 0.2) is 5.96 Å². The van der Waals surface area contributed by atoms with E-state index in [-0.39, 0.29) is 5.60 Å². The average Bonchev–Trinajstić information content (AvgIpc) is 2.53. The monoisotopic (exact) mass is 305 g/mol. The molecule has 1 aromatic carbocycles. The summed E-state index contributed by atoms with van der Waals surface area (Å²) in [6, 6.07) is 10.6. The Morgan fingerprint density at radius 1 is 1.23 bits per heavy atom. The number of hydrogen-bond donors (Lipinski definition) is 2. The third kappa shape index (κ3) is 6.94. The number of hydrogen-bond acceptors (Lipinski definition) is 2. The second kappa shape index (κ2) is 9.46. The van der Waals surface area contributed by atoms with Crippen molar-refractivity contribution in [2.75, 3.05) is 26.7 Å². The van der Waals surface area contributed by atoms with Crippen LogP contribution in [0.2, 0.25) is 0 Å². The number of methoxy groups -OCH3 is 1. The Bertz CT molecular complexity index is 443. The number of ether oxygens (including phenoxy) is 1. The van der Waals surface area contributed by atoms with Crippen LogP contribution in [0.5, 0.6) is 0 Å². The standard InChI is InChI=1S/C18H31N3O/c1-6-19-17(21-14-18(3,4)22-5)20-13-12-15(2)16-10-8-7-9-11-16/h7-11,15H,6,12-14H2,1-5H3,(H2,19,20,21). The fourth-order valence-electron chi connectivity index (χ4n) is 2.03. The molecule has 1 aromatic rings. The van der Waals surface area contributed by atoms with Crippen LogP contribution >= 0.6 is 0 Å². The van der Waals surface area contributed by atoms with Crippen LogP contribution in [0.1, 0.15) is 45.6 Å². The van der Waals surface area contributed by atoms with Gasteiger partial charge in [0.2, 0.25) is 0 Å². The molecule has 0 saturated carbocycles. The minimum absolute atomic E-state index is 0.236. The lowest BCUT2D eigenvalue weighted by atomic mass is 9.98. The number of benzene rings is 1. The van der Waals surface area contributed by atoms with Crippen molar-refractivity contribution in [3.63, 3.8) is 0 Å². The van der Waals surface area contributed by atoms with Crippen molar-refractivity contribution in [2.45, 2.75) is 45.6 Å². The first kappa shape index (κ1) is 18.5. The van der Waals surface area contributed by atoms with Crippen LogP contribution < -0.4 is 10.6 Å². The van der Waals surface area contributed by atoms with Gasteiger partial charge in [-0.3, -0.25) is 4.99 Å². The highest BCUT2D eigenvalue weighted by molar-refractivity contribution is 5.79. The maximum atomic E-state index is 5.40. The van der Waals surface area contributed by atoms with Gasteiger partial charge in [0, 0.05) is 20.2 Å². The maximum Gasteiger partial charge on any atom is 0.191 e. The van der Waals surface area contributed by atoms with Gasteiger partial charge in [-0.05, 0) is 38.7 Å². The van der Waals surface area contributed by atoms with E-state index in [9.17, 15) is 0 Å². The van der Waals surface area contributed by atoms with Crippen LogP contribution in [-0.2, 0) is 4.74 Å². The first-order valence-corrected chi connectivity index (χ1v) is 8.10. The van der Waals surface area contributed by atoms with Crippen LogP contribution in [0.4, 0.5) is 0 Å². The summed E-state index contributed by atoms with van der Waals surface area (Å²) in [7, 11) is 1.72. The van der Waals surface area contributed by atoms with Crippen molar-refractivity contribution >= 4 is 5.96 Å². The molecule has 0 amide bonds. The van der Waals surface area contributed by atoms with Gasteiger partial charge in [-0.15, -0.1) is 0 Å². The summed E-state index contributed by atoms with van der Waals surface area (Å²) in [5.41, 5.74) is 1.14. The Labute approximate surface area is 135 Å². The van der Waals surface area contributed by atoms with Gasteiger partial charge >= 0.3 is 0 Å². The van der Waals surface area contributed by atoms with Crippen molar-refractivity contribution in [1.29, 1.82) is 0 Å². The van der Waals surface area contributed by atoms with E-state index in [0.717, 1.165) is 25.5 Å². The Hall–Kier alpha value is -1.55. The summed E-state index contributed by atoms with van der Waals surface area (Å²) in [6.45, 7) is 10.8. The lowest BCUT2D eigenvalue weighted by Gasteiger charge is -2.21. The van der Waals surface area contributed by atoms with Crippen molar-refractivity contribution in [3.8, 4) is 0 Å². The lowest BCUT2D eigenvalue weighted by Crippen LogP contribution is -2.39. The predicted octanol–water partition coefficient (Wildman–Crippen LogP) is 3.16. The largest absolute Gasteiger partial charge is 0.377 e. The summed E-state index contributed by atoms with van der Waals surface area (Å²) in [5, 5.41) is 6.68. The molecule has 0 bridgehead atoms. The highest BCUT2D eigenvalue weighted by Crippen LogP contribution is 2.17. The fourth-order valence-corrected chi connectivity index (χ4v) is 2.03. The predicted molar refractivity (Wildman–Crippen MR) is 94.5 cm³/mol. The summed E-state index contributed by atoms with van der Waals surface area (Å²) in [5.74, 6) is 1.39. The molecule has 0 heterocycles. The number of nitrogens with zero attached hydrogens (tertiary/aromatic N) is 1. The molecule has 0 aliphatic rings. The molecule has 4 nitrogen and oxygen atoms in total. The zero-order chi connectivity index (χ0) is 16.4. The van der Waals surface area contributed by atoms with Crippen molar-refractivity contribution in [2.24, 2.45) is 4.99 Å². The van der Waals surface area contributed by atoms with E-state index < -0.39 is 0 Å². The summed E-state index contributed by atoms with van der Waals surface area (Å²) in [4.78, 5) is 4.59. The fraction of sp³-hybridized carbons (Fsp3) is 0.611. The Balaban J connectivity index is 2.46. The van der Waals surface area contributed by atoms with Gasteiger partial charge in [0.05, 0.1) is 12.1 Å². The molecule has 0 fully saturated rings. The molecule has 0 radical (unpaired) electrons. The molecular weight excluding hydrogens is 274 g/mol. The second-order valence-corrected chi connectivity index (χ2v) is 6.19. The van der Waals surface area contributed by atoms with E-state index in [1.807, 2.05) is 13.8 Å². The normalized spacial score (nSPS) is 13.8. The van der Waals surface area contributed by atoms with E-state index in [1.54, 1.807) is 7.11 Å². The zero-order valence-electron chi connectivity index (χ0n) is 14.6. The van der Waals surface area contributed by atoms with Gasteiger partial charge in [-0.1, -0.05) is 37.3 Å². The first-order valence-electron chi connectivity index (χ1n) is 8.10. The van der Waals surface area contributed by atoms with Gasteiger partial charge in [0.25, 0.3) is 0 Å². The third-order valence-electron chi connectivity index (χ3n) is 3.75. The van der Waals surface area contributed by atoms with Gasteiger partial charge < -0.3 is 15.4 Å². The number of nitrogens with one attached hydrogen (secondary N) is 2. The first-order chi connectivity index (χ1) is 10.5. The van der Waals surface area contributed by atoms with Crippen LogP contribution in [0.15, 0.2) is 35.3 Å². The molecule has 124 valence electrons. The maximum absolute atomic E-state index is 5.40. The van der Waals surface area contributed by atoms with E-state index in [1.165, 1.54) is 5.56 Å². The van der Waals surface area contributed by atoms with Crippen LogP contribution in [-0.4, -0.2) is 38.3 Å². The van der Waals surface area contributed by atoms with Crippen LogP contribution in [0.25, 0.3) is 0 Å². The average molecular weight is 305 g/mol. The number of aliphatic imine (C=N–C) groups is 1. The highest BCUT2D eigenvalue weighted by Gasteiger charge is 2.15. The van der Waals surface area contributed by atoms with E-state index >= 15 is 0 Å².